The zero-order chi connectivity index (χ0) is 19.2. The molecule has 142 valence electrons. The minimum atomic E-state index is -0.732. The Balaban J connectivity index is 1.46. The molecule has 0 saturated carbocycles. The van der Waals surface area contributed by atoms with Crippen molar-refractivity contribution in [3.8, 4) is 0 Å². The molecule has 2 aromatic carbocycles. The first kappa shape index (κ1) is 19.0. The van der Waals surface area contributed by atoms with Gasteiger partial charge in [0, 0.05) is 32.7 Å². The molecule has 1 fully saturated rings. The molecule has 2 aromatic rings. The number of nitrogens with one attached hydrogen (secondary N) is 1. The molecule has 0 spiro atoms. The maximum atomic E-state index is 13.8. The summed E-state index contributed by atoms with van der Waals surface area (Å²) in [6.45, 7) is 2.44. The lowest BCUT2D eigenvalue weighted by Crippen LogP contribution is -2.51. The van der Waals surface area contributed by atoms with Crippen LogP contribution in [0.2, 0.25) is 0 Å². The van der Waals surface area contributed by atoms with Gasteiger partial charge in [0.25, 0.3) is 5.91 Å². The van der Waals surface area contributed by atoms with Crippen LogP contribution in [-0.2, 0) is 11.3 Å². The molecule has 1 saturated heterocycles. The Kier molecular flexibility index (Phi) is 6.13. The zero-order valence-corrected chi connectivity index (χ0v) is 14.8. The zero-order valence-electron chi connectivity index (χ0n) is 14.8. The fraction of sp³-hybridized carbons (Fsp3) is 0.300. The third-order valence-corrected chi connectivity index (χ3v) is 4.52. The van der Waals surface area contributed by atoms with Crippen molar-refractivity contribution in [2.45, 2.75) is 6.54 Å². The second kappa shape index (κ2) is 8.73. The Bertz CT molecular complexity index is 806. The van der Waals surface area contributed by atoms with Crippen LogP contribution >= 0.6 is 0 Å². The topological polar surface area (TPSA) is 52.7 Å². The van der Waals surface area contributed by atoms with Gasteiger partial charge in [-0.25, -0.2) is 8.78 Å². The number of hydrogen-bond donors (Lipinski definition) is 1. The first-order valence-corrected chi connectivity index (χ1v) is 8.80. The van der Waals surface area contributed by atoms with E-state index in [4.69, 9.17) is 0 Å². The molecule has 0 radical (unpaired) electrons. The van der Waals surface area contributed by atoms with Gasteiger partial charge in [-0.3, -0.25) is 14.5 Å². The molecule has 0 atom stereocenters. The third kappa shape index (κ3) is 5.10. The van der Waals surface area contributed by atoms with Crippen LogP contribution in [0.3, 0.4) is 0 Å². The number of halogens is 2. The maximum Gasteiger partial charge on any atom is 0.257 e. The number of carbonyl (C=O) groups is 2. The Morgan fingerprint density at radius 1 is 0.963 bits per heavy atom. The van der Waals surface area contributed by atoms with E-state index < -0.39 is 17.5 Å². The summed E-state index contributed by atoms with van der Waals surface area (Å²) in [7, 11) is 0. The summed E-state index contributed by atoms with van der Waals surface area (Å²) in [6, 6.07) is 12.5. The first-order chi connectivity index (χ1) is 13.0. The van der Waals surface area contributed by atoms with Crippen molar-refractivity contribution in [1.82, 2.24) is 15.1 Å². The Hall–Kier alpha value is -2.80. The molecule has 1 heterocycles. The van der Waals surface area contributed by atoms with Crippen molar-refractivity contribution < 1.29 is 18.4 Å². The Labute approximate surface area is 156 Å². The average Bonchev–Trinajstić information content (AvgIpc) is 2.69. The number of benzene rings is 2. The lowest BCUT2D eigenvalue weighted by atomic mass is 10.1. The van der Waals surface area contributed by atoms with E-state index in [9.17, 15) is 18.4 Å². The molecule has 1 aliphatic rings. The van der Waals surface area contributed by atoms with Crippen LogP contribution in [0.25, 0.3) is 0 Å². The maximum absolute atomic E-state index is 13.8. The highest BCUT2D eigenvalue weighted by Gasteiger charge is 2.25. The molecule has 0 bridgehead atoms. The normalized spacial score (nSPS) is 14.8. The van der Waals surface area contributed by atoms with Crippen molar-refractivity contribution in [1.29, 1.82) is 0 Å². The second-order valence-electron chi connectivity index (χ2n) is 6.45. The van der Waals surface area contributed by atoms with Crippen LogP contribution in [0, 0.1) is 11.6 Å². The van der Waals surface area contributed by atoms with E-state index in [1.165, 1.54) is 4.90 Å². The Morgan fingerprint density at radius 2 is 1.67 bits per heavy atom. The van der Waals surface area contributed by atoms with Gasteiger partial charge in [0.15, 0.2) is 0 Å². The van der Waals surface area contributed by atoms with E-state index >= 15 is 0 Å². The predicted molar refractivity (Wildman–Crippen MR) is 97.0 cm³/mol. The molecule has 0 aliphatic carbocycles. The summed E-state index contributed by atoms with van der Waals surface area (Å²) in [6.07, 6.45) is 0. The van der Waals surface area contributed by atoms with Gasteiger partial charge in [0.2, 0.25) is 5.91 Å². The molecular formula is C20H21F2N3O2. The standard InChI is InChI=1S/C20H21F2N3O2/c21-16-6-7-18(22)17(12-16)20(27)25-10-8-24(9-11-25)14-19(26)23-13-15-4-2-1-3-5-15/h1-7,12H,8-11,13-14H2,(H,23,26). The predicted octanol–water partition coefficient (Wildman–Crippen LogP) is 2.04. The fourth-order valence-corrected chi connectivity index (χ4v) is 3.00. The fourth-order valence-electron chi connectivity index (χ4n) is 3.00. The lowest BCUT2D eigenvalue weighted by Gasteiger charge is -2.34. The van der Waals surface area contributed by atoms with Crippen LogP contribution in [-0.4, -0.2) is 54.3 Å². The molecule has 0 unspecified atom stereocenters. The molecule has 7 heteroatoms. The van der Waals surface area contributed by atoms with E-state index in [1.807, 2.05) is 35.2 Å². The Morgan fingerprint density at radius 3 is 2.37 bits per heavy atom. The molecule has 1 N–H and O–H groups in total. The monoisotopic (exact) mass is 373 g/mol. The van der Waals surface area contributed by atoms with Gasteiger partial charge in [0.1, 0.15) is 11.6 Å². The van der Waals surface area contributed by atoms with E-state index in [-0.39, 0.29) is 18.0 Å². The van der Waals surface area contributed by atoms with Crippen LogP contribution in [0.4, 0.5) is 8.78 Å². The molecule has 0 aromatic heterocycles. The van der Waals surface area contributed by atoms with E-state index in [1.54, 1.807) is 0 Å². The summed E-state index contributed by atoms with van der Waals surface area (Å²) in [5.41, 5.74) is 0.766. The quantitative estimate of drug-likeness (QED) is 0.873. The molecule has 1 aliphatic heterocycles. The summed E-state index contributed by atoms with van der Waals surface area (Å²) in [5, 5.41) is 2.87. The smallest absolute Gasteiger partial charge is 0.257 e. The van der Waals surface area contributed by atoms with Crippen molar-refractivity contribution in [2.24, 2.45) is 0 Å². The van der Waals surface area contributed by atoms with Gasteiger partial charge in [0.05, 0.1) is 12.1 Å². The van der Waals surface area contributed by atoms with Crippen molar-refractivity contribution in [3.63, 3.8) is 0 Å². The van der Waals surface area contributed by atoms with Crippen LogP contribution in [0.15, 0.2) is 48.5 Å². The SMILES string of the molecule is O=C(CN1CCN(C(=O)c2cc(F)ccc2F)CC1)NCc1ccccc1. The lowest BCUT2D eigenvalue weighted by molar-refractivity contribution is -0.122. The van der Waals surface area contributed by atoms with Gasteiger partial charge in [-0.05, 0) is 23.8 Å². The van der Waals surface area contributed by atoms with Gasteiger partial charge in [-0.2, -0.15) is 0 Å². The highest BCUT2D eigenvalue weighted by Crippen LogP contribution is 2.14. The third-order valence-electron chi connectivity index (χ3n) is 4.52. The van der Waals surface area contributed by atoms with E-state index in [2.05, 4.69) is 5.32 Å². The molecule has 3 rings (SSSR count). The number of hydrogen-bond acceptors (Lipinski definition) is 3. The summed E-state index contributed by atoms with van der Waals surface area (Å²) >= 11 is 0. The van der Waals surface area contributed by atoms with Crippen molar-refractivity contribution in [3.05, 3.63) is 71.3 Å². The molecule has 5 nitrogen and oxygen atoms in total. The number of piperazine rings is 1. The van der Waals surface area contributed by atoms with Gasteiger partial charge < -0.3 is 10.2 Å². The van der Waals surface area contributed by atoms with Crippen LogP contribution < -0.4 is 5.32 Å². The van der Waals surface area contributed by atoms with Gasteiger partial charge in [-0.15, -0.1) is 0 Å². The van der Waals surface area contributed by atoms with E-state index in [0.717, 1.165) is 23.8 Å². The minimum Gasteiger partial charge on any atom is -0.351 e. The second-order valence-corrected chi connectivity index (χ2v) is 6.45. The van der Waals surface area contributed by atoms with Crippen LogP contribution in [0.1, 0.15) is 15.9 Å². The van der Waals surface area contributed by atoms with Crippen molar-refractivity contribution in [2.75, 3.05) is 32.7 Å². The summed E-state index contributed by atoms with van der Waals surface area (Å²) in [4.78, 5) is 27.9. The van der Waals surface area contributed by atoms with Crippen LogP contribution in [0.5, 0.6) is 0 Å². The molecular weight excluding hydrogens is 352 g/mol. The largest absolute Gasteiger partial charge is 0.351 e. The molecule has 2 amide bonds. The highest BCUT2D eigenvalue weighted by atomic mass is 19.1. The van der Waals surface area contributed by atoms with Crippen molar-refractivity contribution >= 4 is 11.8 Å². The number of nitrogens with zero attached hydrogens (tertiary/aromatic N) is 2. The van der Waals surface area contributed by atoms with Gasteiger partial charge in [-0.1, -0.05) is 30.3 Å². The van der Waals surface area contributed by atoms with E-state index in [0.29, 0.717) is 32.7 Å². The average molecular weight is 373 g/mol. The minimum absolute atomic E-state index is 0.0881. The van der Waals surface area contributed by atoms with Gasteiger partial charge >= 0.3 is 0 Å². The number of carbonyl (C=O) groups excluding carboxylic acids is 2. The summed E-state index contributed by atoms with van der Waals surface area (Å²) < 4.78 is 27.1. The molecule has 27 heavy (non-hydrogen) atoms. The summed E-state index contributed by atoms with van der Waals surface area (Å²) in [5.74, 6) is -1.99. The highest BCUT2D eigenvalue weighted by molar-refractivity contribution is 5.94. The number of rotatable bonds is 5. The number of amides is 2. The first-order valence-electron chi connectivity index (χ1n) is 8.80.